The molecule has 3 amide bonds. The molecular formula is C25H18BrN3O5. The Morgan fingerprint density at radius 2 is 1.59 bits per heavy atom. The van der Waals surface area contributed by atoms with E-state index in [2.05, 4.69) is 15.9 Å². The number of carbonyl (C=O) groups is 3. The molecule has 1 saturated heterocycles. The fraction of sp³-hybridized carbons (Fsp3) is 0.160. The molecule has 2 aliphatic rings. The lowest BCUT2D eigenvalue weighted by molar-refractivity contribution is -0.385. The van der Waals surface area contributed by atoms with Gasteiger partial charge >= 0.3 is 0 Å². The summed E-state index contributed by atoms with van der Waals surface area (Å²) in [5.74, 6) is -1.96. The van der Waals surface area contributed by atoms with Gasteiger partial charge in [-0.05, 0) is 60.9 Å². The summed E-state index contributed by atoms with van der Waals surface area (Å²) in [5, 5.41) is 11.5. The molecule has 2 heterocycles. The first-order valence-electron chi connectivity index (χ1n) is 10.5. The normalized spacial score (nSPS) is 19.3. The number of hydrogen-bond acceptors (Lipinski definition) is 5. The van der Waals surface area contributed by atoms with Crippen molar-refractivity contribution in [3.05, 3.63) is 103 Å². The topological polar surface area (TPSA) is 101 Å². The van der Waals surface area contributed by atoms with E-state index < -0.39 is 40.4 Å². The van der Waals surface area contributed by atoms with Crippen LogP contribution >= 0.6 is 15.9 Å². The van der Waals surface area contributed by atoms with Crippen molar-refractivity contribution in [2.24, 2.45) is 0 Å². The minimum atomic E-state index is -1.12. The molecule has 0 bridgehead atoms. The summed E-state index contributed by atoms with van der Waals surface area (Å²) >= 11 is 3.45. The van der Waals surface area contributed by atoms with E-state index in [1.807, 2.05) is 56.3 Å². The number of fused-ring (bicyclic) bond motifs is 1. The van der Waals surface area contributed by atoms with Gasteiger partial charge in [0.05, 0.1) is 16.5 Å². The SMILES string of the molecule is Cc1ccc(N2C(=O)[C@@H](N3C(=O)c4cccc([N+](=O)[O-])c4C3=O)[C@@H]2c2cccc(Br)c2)cc1C. The van der Waals surface area contributed by atoms with Crippen molar-refractivity contribution in [1.29, 1.82) is 0 Å². The number of amides is 3. The Labute approximate surface area is 203 Å². The molecule has 2 aliphatic heterocycles. The van der Waals surface area contributed by atoms with Crippen LogP contribution in [0, 0.1) is 24.0 Å². The van der Waals surface area contributed by atoms with Crippen molar-refractivity contribution >= 4 is 45.0 Å². The molecule has 0 radical (unpaired) electrons. The lowest BCUT2D eigenvalue weighted by atomic mass is 9.86. The molecule has 1 fully saturated rings. The predicted molar refractivity (Wildman–Crippen MR) is 128 cm³/mol. The molecule has 0 aromatic heterocycles. The highest BCUT2D eigenvalue weighted by molar-refractivity contribution is 9.10. The predicted octanol–water partition coefficient (Wildman–Crippen LogP) is 4.73. The Morgan fingerprint density at radius 3 is 2.26 bits per heavy atom. The average Bonchev–Trinajstić information content (AvgIpc) is 3.05. The second-order valence-electron chi connectivity index (χ2n) is 8.36. The molecular weight excluding hydrogens is 502 g/mol. The molecule has 0 spiro atoms. The van der Waals surface area contributed by atoms with Crippen LogP contribution < -0.4 is 4.90 Å². The summed E-state index contributed by atoms with van der Waals surface area (Å²) in [6.45, 7) is 3.91. The Morgan fingerprint density at radius 1 is 0.853 bits per heavy atom. The van der Waals surface area contributed by atoms with Crippen LogP contribution in [0.5, 0.6) is 0 Å². The zero-order valence-corrected chi connectivity index (χ0v) is 19.8. The van der Waals surface area contributed by atoms with E-state index in [0.29, 0.717) is 5.69 Å². The number of nitrogens with zero attached hydrogens (tertiary/aromatic N) is 3. The molecule has 0 saturated carbocycles. The van der Waals surface area contributed by atoms with Gasteiger partial charge in [-0.1, -0.05) is 40.2 Å². The number of benzene rings is 3. The average molecular weight is 520 g/mol. The van der Waals surface area contributed by atoms with Crippen LogP contribution in [0.1, 0.15) is 43.4 Å². The highest BCUT2D eigenvalue weighted by Crippen LogP contribution is 2.45. The summed E-state index contributed by atoms with van der Waals surface area (Å²) in [4.78, 5) is 53.3. The van der Waals surface area contributed by atoms with Crippen LogP contribution in [-0.2, 0) is 4.79 Å². The number of imide groups is 1. The van der Waals surface area contributed by atoms with Crippen LogP contribution in [0.15, 0.2) is 65.1 Å². The number of rotatable bonds is 4. The number of aryl methyl sites for hydroxylation is 2. The Bertz CT molecular complexity index is 1420. The summed E-state index contributed by atoms with van der Waals surface area (Å²) < 4.78 is 0.779. The third kappa shape index (κ3) is 3.15. The molecule has 170 valence electrons. The van der Waals surface area contributed by atoms with Gasteiger partial charge in [0.15, 0.2) is 0 Å². The molecule has 9 heteroatoms. The second-order valence-corrected chi connectivity index (χ2v) is 9.27. The highest BCUT2D eigenvalue weighted by atomic mass is 79.9. The fourth-order valence-corrected chi connectivity index (χ4v) is 5.02. The van der Waals surface area contributed by atoms with Crippen LogP contribution in [0.4, 0.5) is 11.4 Å². The summed E-state index contributed by atoms with van der Waals surface area (Å²) in [6.07, 6.45) is 0. The molecule has 3 aromatic rings. The monoisotopic (exact) mass is 519 g/mol. The van der Waals surface area contributed by atoms with E-state index in [1.54, 1.807) is 4.90 Å². The van der Waals surface area contributed by atoms with Gasteiger partial charge in [-0.2, -0.15) is 0 Å². The Hall–Kier alpha value is -3.85. The number of nitro benzene ring substituents is 1. The Balaban J connectivity index is 1.62. The van der Waals surface area contributed by atoms with Gasteiger partial charge < -0.3 is 4.90 Å². The van der Waals surface area contributed by atoms with Crippen molar-refractivity contribution in [1.82, 2.24) is 4.90 Å². The zero-order valence-electron chi connectivity index (χ0n) is 18.2. The molecule has 0 unspecified atom stereocenters. The van der Waals surface area contributed by atoms with Crippen molar-refractivity contribution < 1.29 is 19.3 Å². The van der Waals surface area contributed by atoms with Crippen molar-refractivity contribution in [3.63, 3.8) is 0 Å². The van der Waals surface area contributed by atoms with E-state index in [1.165, 1.54) is 18.2 Å². The van der Waals surface area contributed by atoms with Gasteiger partial charge in [-0.15, -0.1) is 0 Å². The number of anilines is 1. The molecule has 34 heavy (non-hydrogen) atoms. The summed E-state index contributed by atoms with van der Waals surface area (Å²) in [6, 6.07) is 15.1. The van der Waals surface area contributed by atoms with Gasteiger partial charge in [0, 0.05) is 16.2 Å². The maximum absolute atomic E-state index is 13.5. The molecule has 0 aliphatic carbocycles. The quantitative estimate of drug-likeness (QED) is 0.214. The first kappa shape index (κ1) is 22.0. The van der Waals surface area contributed by atoms with E-state index in [4.69, 9.17) is 0 Å². The maximum Gasteiger partial charge on any atom is 0.282 e. The third-order valence-electron chi connectivity index (χ3n) is 6.43. The number of carbonyl (C=O) groups excluding carboxylic acids is 3. The van der Waals surface area contributed by atoms with Crippen LogP contribution in [0.25, 0.3) is 0 Å². The minimum absolute atomic E-state index is 0.0652. The number of nitro groups is 1. The van der Waals surface area contributed by atoms with E-state index >= 15 is 0 Å². The summed E-state index contributed by atoms with van der Waals surface area (Å²) in [7, 11) is 0. The van der Waals surface area contributed by atoms with E-state index in [9.17, 15) is 24.5 Å². The first-order chi connectivity index (χ1) is 16.2. The van der Waals surface area contributed by atoms with Crippen molar-refractivity contribution in [3.8, 4) is 0 Å². The fourth-order valence-electron chi connectivity index (χ4n) is 4.60. The largest absolute Gasteiger partial charge is 0.300 e. The van der Waals surface area contributed by atoms with E-state index in [-0.39, 0.29) is 11.1 Å². The highest BCUT2D eigenvalue weighted by Gasteiger charge is 2.58. The lowest BCUT2D eigenvalue weighted by Crippen LogP contribution is -2.67. The van der Waals surface area contributed by atoms with Crippen molar-refractivity contribution in [2.75, 3.05) is 4.90 Å². The van der Waals surface area contributed by atoms with Crippen LogP contribution in [0.2, 0.25) is 0 Å². The number of halogens is 1. The third-order valence-corrected chi connectivity index (χ3v) is 6.92. The van der Waals surface area contributed by atoms with Crippen LogP contribution in [0.3, 0.4) is 0 Å². The standard InChI is InChI=1S/C25H18BrN3O5/c1-13-9-10-17(11-14(13)2)27-21(15-5-3-6-16(26)12-15)22(25(27)32)28-23(30)18-7-4-8-19(29(33)34)20(18)24(28)31/h3-12,21-22H,1-2H3/t21-,22-/m0/s1. The summed E-state index contributed by atoms with van der Waals surface area (Å²) in [5.41, 5.74) is 2.65. The van der Waals surface area contributed by atoms with Crippen molar-refractivity contribution in [2.45, 2.75) is 25.9 Å². The number of β-lactam (4-membered cyclic amide) rings is 1. The van der Waals surface area contributed by atoms with Gasteiger partial charge in [0.1, 0.15) is 11.6 Å². The van der Waals surface area contributed by atoms with Gasteiger partial charge in [-0.25, -0.2) is 0 Å². The molecule has 2 atom stereocenters. The molecule has 8 nitrogen and oxygen atoms in total. The first-order valence-corrected chi connectivity index (χ1v) is 11.3. The van der Waals surface area contributed by atoms with E-state index in [0.717, 1.165) is 26.1 Å². The van der Waals surface area contributed by atoms with Gasteiger partial charge in [0.2, 0.25) is 0 Å². The van der Waals surface area contributed by atoms with Gasteiger partial charge in [0.25, 0.3) is 23.4 Å². The van der Waals surface area contributed by atoms with Gasteiger partial charge in [-0.3, -0.25) is 29.4 Å². The molecule has 0 N–H and O–H groups in total. The zero-order chi connectivity index (χ0) is 24.3. The smallest absolute Gasteiger partial charge is 0.282 e. The second kappa shape index (κ2) is 7.88. The minimum Gasteiger partial charge on any atom is -0.300 e. The lowest BCUT2D eigenvalue weighted by Gasteiger charge is -2.50. The number of hydrogen-bond donors (Lipinski definition) is 0. The van der Waals surface area contributed by atoms with Crippen LogP contribution in [-0.4, -0.2) is 33.6 Å². The molecule has 5 rings (SSSR count). The Kier molecular flexibility index (Phi) is 5.09. The maximum atomic E-state index is 13.5. The molecule has 3 aromatic carbocycles.